The van der Waals surface area contributed by atoms with E-state index in [0.717, 1.165) is 38.5 Å². The Hall–Kier alpha value is -1.58. The molecule has 0 radical (unpaired) electrons. The molecule has 1 fully saturated rings. The second-order valence-corrected chi connectivity index (χ2v) is 8.96. The zero-order chi connectivity index (χ0) is 20.2. The van der Waals surface area contributed by atoms with Crippen LogP contribution in [-0.4, -0.2) is 23.7 Å². The van der Waals surface area contributed by atoms with Crippen LogP contribution in [0.4, 0.5) is 0 Å². The van der Waals surface area contributed by atoms with E-state index in [1.54, 1.807) is 6.92 Å². The molecule has 0 spiro atoms. The number of aliphatic carboxylic acids is 1. The number of carboxylic acid groups (broad SMARTS) is 1. The highest BCUT2D eigenvalue weighted by Crippen LogP contribution is 2.58. The molecule has 2 aliphatic carbocycles. The minimum atomic E-state index is -0.649. The van der Waals surface area contributed by atoms with Crippen LogP contribution in [0.15, 0.2) is 23.3 Å². The van der Waals surface area contributed by atoms with Gasteiger partial charge in [-0.1, -0.05) is 38.0 Å². The van der Waals surface area contributed by atoms with Crippen LogP contribution in [0.25, 0.3) is 0 Å². The monoisotopic (exact) mass is 376 g/mol. The fraction of sp³-hybridized carbons (Fsp3) is 0.739. The van der Waals surface area contributed by atoms with Crippen molar-refractivity contribution in [3.63, 3.8) is 0 Å². The zero-order valence-corrected chi connectivity index (χ0v) is 17.6. The van der Waals surface area contributed by atoms with Gasteiger partial charge in [0.25, 0.3) is 0 Å². The molecule has 0 aromatic rings. The van der Waals surface area contributed by atoms with Crippen LogP contribution < -0.4 is 0 Å². The van der Waals surface area contributed by atoms with E-state index >= 15 is 0 Å². The fourth-order valence-corrected chi connectivity index (χ4v) is 4.90. The lowest BCUT2D eigenvalue weighted by molar-refractivity contribution is -0.153. The van der Waals surface area contributed by atoms with E-state index in [0.29, 0.717) is 18.9 Å². The highest BCUT2D eigenvalue weighted by molar-refractivity contribution is 5.75. The molecule has 4 atom stereocenters. The van der Waals surface area contributed by atoms with Crippen molar-refractivity contribution >= 4 is 11.9 Å². The van der Waals surface area contributed by atoms with Crippen molar-refractivity contribution in [1.29, 1.82) is 0 Å². The van der Waals surface area contributed by atoms with Crippen molar-refractivity contribution in [2.75, 3.05) is 6.61 Å². The van der Waals surface area contributed by atoms with Crippen molar-refractivity contribution in [1.82, 2.24) is 0 Å². The van der Waals surface area contributed by atoms with Crippen LogP contribution in [-0.2, 0) is 14.3 Å². The summed E-state index contributed by atoms with van der Waals surface area (Å²) in [6.07, 6.45) is 10.4. The molecule has 0 saturated heterocycles. The topological polar surface area (TPSA) is 63.6 Å². The SMILES string of the molecule is CCC(=O)OC/C=C(\C)CC[C@]1(C)C2=CCC[C@](C)(C(=O)O)[C@H]2CC[C@H]1C. The normalized spacial score (nSPS) is 33.8. The summed E-state index contributed by atoms with van der Waals surface area (Å²) in [6, 6.07) is 0. The number of hydrogen-bond acceptors (Lipinski definition) is 3. The third kappa shape index (κ3) is 4.47. The van der Waals surface area contributed by atoms with E-state index in [2.05, 4.69) is 26.8 Å². The summed E-state index contributed by atoms with van der Waals surface area (Å²) in [5.74, 6) is -0.125. The van der Waals surface area contributed by atoms with Crippen LogP contribution in [0.3, 0.4) is 0 Å². The molecule has 152 valence electrons. The molecule has 0 amide bonds. The van der Waals surface area contributed by atoms with Gasteiger partial charge in [0.2, 0.25) is 0 Å². The molecule has 2 rings (SSSR count). The predicted molar refractivity (Wildman–Crippen MR) is 107 cm³/mol. The zero-order valence-electron chi connectivity index (χ0n) is 17.6. The van der Waals surface area contributed by atoms with Gasteiger partial charge in [0.1, 0.15) is 6.61 Å². The average molecular weight is 377 g/mol. The second kappa shape index (κ2) is 8.62. The Morgan fingerprint density at radius 2 is 2.04 bits per heavy atom. The van der Waals surface area contributed by atoms with Gasteiger partial charge in [-0.25, -0.2) is 0 Å². The molecule has 0 aromatic carbocycles. The van der Waals surface area contributed by atoms with Crippen LogP contribution >= 0.6 is 0 Å². The van der Waals surface area contributed by atoms with E-state index in [1.165, 1.54) is 11.1 Å². The molecule has 2 aliphatic rings. The van der Waals surface area contributed by atoms with Crippen LogP contribution in [0.2, 0.25) is 0 Å². The molecule has 27 heavy (non-hydrogen) atoms. The molecular weight excluding hydrogens is 340 g/mol. The third-order valence-corrected chi connectivity index (χ3v) is 7.30. The molecular formula is C23H36O4. The number of carbonyl (C=O) groups excluding carboxylic acids is 1. The number of carboxylic acids is 1. The average Bonchev–Trinajstić information content (AvgIpc) is 2.63. The molecule has 0 bridgehead atoms. The molecule has 0 heterocycles. The summed E-state index contributed by atoms with van der Waals surface area (Å²) in [7, 11) is 0. The lowest BCUT2D eigenvalue weighted by atomic mass is 9.51. The molecule has 0 unspecified atom stereocenters. The highest BCUT2D eigenvalue weighted by atomic mass is 16.5. The molecule has 4 nitrogen and oxygen atoms in total. The van der Waals surface area contributed by atoms with Crippen LogP contribution in [0.1, 0.15) is 79.6 Å². The molecule has 0 aromatic heterocycles. The van der Waals surface area contributed by atoms with Gasteiger partial charge < -0.3 is 9.84 Å². The number of esters is 1. The highest BCUT2D eigenvalue weighted by Gasteiger charge is 2.52. The second-order valence-electron chi connectivity index (χ2n) is 8.96. The molecule has 1 saturated carbocycles. The number of hydrogen-bond donors (Lipinski definition) is 1. The van der Waals surface area contributed by atoms with Gasteiger partial charge in [-0.05, 0) is 75.7 Å². The summed E-state index contributed by atoms with van der Waals surface area (Å²) in [4.78, 5) is 23.3. The maximum Gasteiger partial charge on any atom is 0.309 e. The first-order valence-electron chi connectivity index (χ1n) is 10.4. The Balaban J connectivity index is 2.12. The van der Waals surface area contributed by atoms with E-state index in [4.69, 9.17) is 4.74 Å². The fourth-order valence-electron chi connectivity index (χ4n) is 4.90. The number of rotatable bonds is 7. The number of fused-ring (bicyclic) bond motifs is 1. The first-order valence-corrected chi connectivity index (χ1v) is 10.4. The van der Waals surface area contributed by atoms with Crippen molar-refractivity contribution in [3.05, 3.63) is 23.3 Å². The van der Waals surface area contributed by atoms with Crippen LogP contribution in [0, 0.1) is 22.7 Å². The lowest BCUT2D eigenvalue weighted by Gasteiger charge is -2.52. The van der Waals surface area contributed by atoms with Crippen molar-refractivity contribution < 1.29 is 19.4 Å². The van der Waals surface area contributed by atoms with Gasteiger partial charge >= 0.3 is 11.9 Å². The van der Waals surface area contributed by atoms with Gasteiger partial charge in [-0.3, -0.25) is 9.59 Å². The number of carbonyl (C=O) groups is 2. The Morgan fingerprint density at radius 1 is 1.33 bits per heavy atom. The Kier molecular flexibility index (Phi) is 6.93. The largest absolute Gasteiger partial charge is 0.481 e. The summed E-state index contributed by atoms with van der Waals surface area (Å²) >= 11 is 0. The van der Waals surface area contributed by atoms with Gasteiger partial charge in [0.15, 0.2) is 0 Å². The Bertz CT molecular complexity index is 632. The van der Waals surface area contributed by atoms with E-state index in [1.807, 2.05) is 13.0 Å². The first-order chi connectivity index (χ1) is 12.6. The smallest absolute Gasteiger partial charge is 0.309 e. The molecule has 4 heteroatoms. The predicted octanol–water partition coefficient (Wildman–Crippen LogP) is 5.53. The minimum Gasteiger partial charge on any atom is -0.481 e. The number of allylic oxidation sites excluding steroid dienone is 3. The van der Waals surface area contributed by atoms with Gasteiger partial charge in [0.05, 0.1) is 5.41 Å². The van der Waals surface area contributed by atoms with Crippen molar-refractivity contribution in [2.24, 2.45) is 22.7 Å². The standard InChI is InChI=1S/C23H36O4/c1-6-20(24)27-15-12-16(2)11-14-22(4)17(3)9-10-19-18(22)8-7-13-23(19,5)21(25)26/h8,12,17,19H,6-7,9-11,13-15H2,1-5H3,(H,25,26)/b16-12+/t17-,19+,22+,23+/m1/s1. The minimum absolute atomic E-state index is 0.0369. The quantitative estimate of drug-likeness (QED) is 0.469. The summed E-state index contributed by atoms with van der Waals surface area (Å²) in [5.41, 5.74) is 2.01. The van der Waals surface area contributed by atoms with Crippen molar-refractivity contribution in [3.8, 4) is 0 Å². The Morgan fingerprint density at radius 3 is 2.67 bits per heavy atom. The lowest BCUT2D eigenvalue weighted by Crippen LogP contribution is -2.47. The Labute approximate surface area is 164 Å². The summed E-state index contributed by atoms with van der Waals surface area (Å²) in [5, 5.41) is 9.88. The molecule has 0 aliphatic heterocycles. The summed E-state index contributed by atoms with van der Waals surface area (Å²) in [6.45, 7) is 10.8. The first kappa shape index (κ1) is 21.7. The van der Waals surface area contributed by atoms with E-state index < -0.39 is 11.4 Å². The maximum atomic E-state index is 12.0. The van der Waals surface area contributed by atoms with E-state index in [-0.39, 0.29) is 17.3 Å². The maximum absolute atomic E-state index is 12.0. The van der Waals surface area contributed by atoms with Gasteiger partial charge in [-0.2, -0.15) is 0 Å². The summed E-state index contributed by atoms with van der Waals surface area (Å²) < 4.78 is 5.15. The van der Waals surface area contributed by atoms with E-state index in [9.17, 15) is 14.7 Å². The number of ether oxygens (including phenoxy) is 1. The van der Waals surface area contributed by atoms with Crippen LogP contribution in [0.5, 0.6) is 0 Å². The van der Waals surface area contributed by atoms with Crippen molar-refractivity contribution in [2.45, 2.75) is 79.6 Å². The third-order valence-electron chi connectivity index (χ3n) is 7.30. The molecule has 1 N–H and O–H groups in total. The van der Waals surface area contributed by atoms with Gasteiger partial charge in [-0.15, -0.1) is 0 Å². The van der Waals surface area contributed by atoms with Gasteiger partial charge in [0, 0.05) is 6.42 Å².